The summed E-state index contributed by atoms with van der Waals surface area (Å²) in [6, 6.07) is 10.7. The Bertz CT molecular complexity index is 900. The Morgan fingerprint density at radius 3 is 2.89 bits per heavy atom. The van der Waals surface area contributed by atoms with Gasteiger partial charge in [-0.25, -0.2) is 9.50 Å². The molecule has 1 aliphatic carbocycles. The third kappa shape index (κ3) is 4.14. The van der Waals surface area contributed by atoms with Crippen LogP contribution in [-0.4, -0.2) is 33.3 Å². The van der Waals surface area contributed by atoms with Gasteiger partial charge in [-0.1, -0.05) is 6.07 Å². The van der Waals surface area contributed by atoms with E-state index >= 15 is 0 Å². The topological polar surface area (TPSA) is 89.5 Å². The highest BCUT2D eigenvalue weighted by molar-refractivity contribution is 5.76. The van der Waals surface area contributed by atoms with Crippen LogP contribution >= 0.6 is 0 Å². The number of rotatable bonds is 6. The standard InChI is InChI=1S/C20H26N6O/c1-2-27-17-5-3-4-16(12-17)23-18-13-19(25-26-11-10-22-20(18)26)24-15-8-6-14(21)7-9-15/h3-5,10-15,23H,2,6-9,21H2,1H3,(H,24,25). The zero-order valence-corrected chi connectivity index (χ0v) is 15.6. The molecule has 142 valence electrons. The third-order valence-corrected chi connectivity index (χ3v) is 4.91. The monoisotopic (exact) mass is 366 g/mol. The van der Waals surface area contributed by atoms with Crippen molar-refractivity contribution < 1.29 is 4.74 Å². The van der Waals surface area contributed by atoms with Crippen molar-refractivity contribution in [3.05, 3.63) is 42.7 Å². The number of benzene rings is 1. The van der Waals surface area contributed by atoms with Gasteiger partial charge in [-0.05, 0) is 44.7 Å². The summed E-state index contributed by atoms with van der Waals surface area (Å²) in [7, 11) is 0. The maximum Gasteiger partial charge on any atom is 0.177 e. The van der Waals surface area contributed by atoms with Gasteiger partial charge in [0, 0.05) is 42.3 Å². The molecule has 1 aromatic carbocycles. The van der Waals surface area contributed by atoms with Crippen molar-refractivity contribution >= 4 is 22.8 Å². The second-order valence-corrected chi connectivity index (χ2v) is 6.98. The molecule has 1 saturated carbocycles. The van der Waals surface area contributed by atoms with Gasteiger partial charge in [0.05, 0.1) is 12.3 Å². The molecular formula is C20H26N6O. The van der Waals surface area contributed by atoms with E-state index in [4.69, 9.17) is 10.5 Å². The van der Waals surface area contributed by atoms with Crippen LogP contribution in [0.15, 0.2) is 42.7 Å². The Hall–Kier alpha value is -2.80. The van der Waals surface area contributed by atoms with Gasteiger partial charge in [-0.3, -0.25) is 0 Å². The van der Waals surface area contributed by atoms with Crippen LogP contribution in [0.2, 0.25) is 0 Å². The van der Waals surface area contributed by atoms with Crippen molar-refractivity contribution in [2.45, 2.75) is 44.7 Å². The number of nitrogens with zero attached hydrogens (tertiary/aromatic N) is 3. The minimum Gasteiger partial charge on any atom is -0.494 e. The first kappa shape index (κ1) is 17.6. The summed E-state index contributed by atoms with van der Waals surface area (Å²) in [4.78, 5) is 4.43. The van der Waals surface area contributed by atoms with Crippen LogP contribution in [0.1, 0.15) is 32.6 Å². The van der Waals surface area contributed by atoms with E-state index in [1.807, 2.05) is 43.5 Å². The van der Waals surface area contributed by atoms with Crippen LogP contribution < -0.4 is 21.1 Å². The predicted molar refractivity (Wildman–Crippen MR) is 108 cm³/mol. The lowest BCUT2D eigenvalue weighted by Crippen LogP contribution is -2.33. The predicted octanol–water partition coefficient (Wildman–Crippen LogP) is 3.55. The van der Waals surface area contributed by atoms with E-state index in [-0.39, 0.29) is 0 Å². The molecule has 0 saturated heterocycles. The first-order valence-electron chi connectivity index (χ1n) is 9.57. The summed E-state index contributed by atoms with van der Waals surface area (Å²) in [5.74, 6) is 1.68. The van der Waals surface area contributed by atoms with Gasteiger partial charge in [0.2, 0.25) is 0 Å². The van der Waals surface area contributed by atoms with Crippen molar-refractivity contribution in [3.63, 3.8) is 0 Å². The smallest absolute Gasteiger partial charge is 0.177 e. The SMILES string of the molecule is CCOc1cccc(Nc2cc(NC3CCC(N)CC3)nn3ccnc23)c1. The van der Waals surface area contributed by atoms with E-state index in [1.54, 1.807) is 10.7 Å². The summed E-state index contributed by atoms with van der Waals surface area (Å²) >= 11 is 0. The number of fused-ring (bicyclic) bond motifs is 1. The lowest BCUT2D eigenvalue weighted by atomic mass is 9.92. The van der Waals surface area contributed by atoms with E-state index in [1.165, 1.54) is 0 Å². The zero-order chi connectivity index (χ0) is 18.6. The summed E-state index contributed by atoms with van der Waals surface area (Å²) in [5.41, 5.74) is 8.66. The fourth-order valence-corrected chi connectivity index (χ4v) is 3.54. The van der Waals surface area contributed by atoms with Crippen molar-refractivity contribution in [2.75, 3.05) is 17.2 Å². The Morgan fingerprint density at radius 1 is 1.22 bits per heavy atom. The van der Waals surface area contributed by atoms with Crippen molar-refractivity contribution in [3.8, 4) is 5.75 Å². The molecule has 7 heteroatoms. The molecule has 1 aliphatic rings. The number of nitrogens with one attached hydrogen (secondary N) is 2. The van der Waals surface area contributed by atoms with Gasteiger partial charge in [-0.15, -0.1) is 5.10 Å². The van der Waals surface area contributed by atoms with Gasteiger partial charge >= 0.3 is 0 Å². The van der Waals surface area contributed by atoms with E-state index in [2.05, 4.69) is 20.7 Å². The van der Waals surface area contributed by atoms with Gasteiger partial charge in [-0.2, -0.15) is 0 Å². The summed E-state index contributed by atoms with van der Waals surface area (Å²) in [6.45, 7) is 2.62. The minimum atomic E-state index is 0.335. The first-order chi connectivity index (χ1) is 13.2. The number of anilines is 3. The molecular weight excluding hydrogens is 340 g/mol. The highest BCUT2D eigenvalue weighted by Crippen LogP contribution is 2.27. The lowest BCUT2D eigenvalue weighted by Gasteiger charge is -2.27. The van der Waals surface area contributed by atoms with E-state index in [0.717, 1.165) is 54.3 Å². The fourth-order valence-electron chi connectivity index (χ4n) is 3.54. The molecule has 1 fully saturated rings. The Labute approximate surface area is 158 Å². The van der Waals surface area contributed by atoms with Gasteiger partial charge in [0.25, 0.3) is 0 Å². The highest BCUT2D eigenvalue weighted by atomic mass is 16.5. The summed E-state index contributed by atoms with van der Waals surface area (Å²) in [5, 5.41) is 11.7. The lowest BCUT2D eigenvalue weighted by molar-refractivity contribution is 0.340. The maximum absolute atomic E-state index is 6.02. The number of aromatic nitrogens is 3. The Kier molecular flexibility index (Phi) is 5.11. The number of ether oxygens (including phenoxy) is 1. The third-order valence-electron chi connectivity index (χ3n) is 4.91. The molecule has 7 nitrogen and oxygen atoms in total. The molecule has 27 heavy (non-hydrogen) atoms. The average molecular weight is 366 g/mol. The second-order valence-electron chi connectivity index (χ2n) is 6.98. The highest BCUT2D eigenvalue weighted by Gasteiger charge is 2.19. The zero-order valence-electron chi connectivity index (χ0n) is 15.6. The molecule has 0 amide bonds. The van der Waals surface area contributed by atoms with Crippen LogP contribution in [0.4, 0.5) is 17.2 Å². The molecule has 0 spiro atoms. The van der Waals surface area contributed by atoms with Crippen molar-refractivity contribution in [1.82, 2.24) is 14.6 Å². The van der Waals surface area contributed by atoms with Crippen molar-refractivity contribution in [1.29, 1.82) is 0 Å². The molecule has 3 aromatic rings. The van der Waals surface area contributed by atoms with Crippen LogP contribution in [0, 0.1) is 0 Å². The normalized spacial score (nSPS) is 19.8. The molecule has 2 aromatic heterocycles. The molecule has 4 rings (SSSR count). The van der Waals surface area contributed by atoms with E-state index < -0.39 is 0 Å². The van der Waals surface area contributed by atoms with Crippen molar-refractivity contribution in [2.24, 2.45) is 5.73 Å². The maximum atomic E-state index is 6.02. The van der Waals surface area contributed by atoms with Gasteiger partial charge < -0.3 is 21.1 Å². The number of imidazole rings is 1. The number of nitrogens with two attached hydrogens (primary N) is 1. The molecule has 4 N–H and O–H groups in total. The fraction of sp³-hybridized carbons (Fsp3) is 0.400. The Morgan fingerprint density at radius 2 is 2.07 bits per heavy atom. The molecule has 0 bridgehead atoms. The quantitative estimate of drug-likeness (QED) is 0.618. The number of hydrogen-bond donors (Lipinski definition) is 3. The van der Waals surface area contributed by atoms with Crippen LogP contribution in [0.25, 0.3) is 5.65 Å². The summed E-state index contributed by atoms with van der Waals surface area (Å²) < 4.78 is 7.39. The minimum absolute atomic E-state index is 0.335. The second kappa shape index (κ2) is 7.84. The molecule has 0 aliphatic heterocycles. The Balaban J connectivity index is 1.58. The average Bonchev–Trinajstić information content (AvgIpc) is 3.13. The molecule has 2 heterocycles. The number of hydrogen-bond acceptors (Lipinski definition) is 6. The molecule has 0 radical (unpaired) electrons. The van der Waals surface area contributed by atoms with Crippen LogP contribution in [0.3, 0.4) is 0 Å². The molecule has 0 atom stereocenters. The van der Waals surface area contributed by atoms with E-state index in [0.29, 0.717) is 18.7 Å². The van der Waals surface area contributed by atoms with Gasteiger partial charge in [0.15, 0.2) is 5.65 Å². The largest absolute Gasteiger partial charge is 0.494 e. The summed E-state index contributed by atoms with van der Waals surface area (Å²) in [6.07, 6.45) is 7.88. The molecule has 0 unspecified atom stereocenters. The van der Waals surface area contributed by atoms with Crippen LogP contribution in [-0.2, 0) is 0 Å². The van der Waals surface area contributed by atoms with Gasteiger partial charge in [0.1, 0.15) is 11.6 Å². The first-order valence-corrected chi connectivity index (χ1v) is 9.57. The van der Waals surface area contributed by atoms with Crippen LogP contribution in [0.5, 0.6) is 5.75 Å². The van der Waals surface area contributed by atoms with E-state index in [9.17, 15) is 0 Å².